The smallest absolute Gasteiger partial charge is 0.00779 e. The van der Waals surface area contributed by atoms with Gasteiger partial charge in [-0.15, -0.1) is 0 Å². The first-order chi connectivity index (χ1) is 6.24. The summed E-state index contributed by atoms with van der Waals surface area (Å²) in [6.07, 6.45) is 4.90. The summed E-state index contributed by atoms with van der Waals surface area (Å²) >= 11 is 0. The Bertz CT molecular complexity index is 321. The second-order valence-corrected chi connectivity index (χ2v) is 4.17. The molecule has 0 nitrogen and oxygen atoms in total. The van der Waals surface area contributed by atoms with Gasteiger partial charge in [0.2, 0.25) is 0 Å². The Morgan fingerprint density at radius 1 is 1.31 bits per heavy atom. The molecule has 0 bridgehead atoms. The van der Waals surface area contributed by atoms with Crippen LogP contribution in [0.15, 0.2) is 35.9 Å². The molecular formula is C13H16. The maximum atomic E-state index is 2.35. The fraction of sp³-hybridized carbons (Fsp3) is 0.385. The topological polar surface area (TPSA) is 0 Å². The van der Waals surface area contributed by atoms with Crippen LogP contribution in [0.3, 0.4) is 0 Å². The molecule has 1 aromatic carbocycles. The molecule has 0 aromatic heterocycles. The standard InChI is InChI=1S/C13H16/c1-3-13(2)10-12(13)9-11-7-5-4-6-8-11/h4-9H,3,10H2,1-2H3/b12-9+/t13-/m0/s1. The Morgan fingerprint density at radius 3 is 2.54 bits per heavy atom. The van der Waals surface area contributed by atoms with Crippen molar-refractivity contribution >= 4 is 6.08 Å². The third-order valence-corrected chi connectivity index (χ3v) is 3.15. The predicted octanol–water partition coefficient (Wildman–Crippen LogP) is 3.89. The summed E-state index contributed by atoms with van der Waals surface area (Å²) in [4.78, 5) is 0. The third-order valence-electron chi connectivity index (χ3n) is 3.15. The molecule has 1 aliphatic carbocycles. The number of rotatable bonds is 2. The SMILES string of the molecule is CC[C@@]1(C)C/C1=C\c1ccccc1. The summed E-state index contributed by atoms with van der Waals surface area (Å²) in [5.41, 5.74) is 3.48. The van der Waals surface area contributed by atoms with E-state index < -0.39 is 0 Å². The average Bonchev–Trinajstić information content (AvgIpc) is 2.80. The monoisotopic (exact) mass is 172 g/mol. The quantitative estimate of drug-likeness (QED) is 0.635. The molecule has 0 N–H and O–H groups in total. The largest absolute Gasteiger partial charge is 0.0645 e. The van der Waals surface area contributed by atoms with Crippen LogP contribution >= 0.6 is 0 Å². The number of benzene rings is 1. The Hall–Kier alpha value is -1.04. The lowest BCUT2D eigenvalue weighted by molar-refractivity contribution is 0.580. The molecule has 0 unspecified atom stereocenters. The van der Waals surface area contributed by atoms with E-state index in [1.54, 1.807) is 5.57 Å². The summed E-state index contributed by atoms with van der Waals surface area (Å²) in [6.45, 7) is 4.62. The van der Waals surface area contributed by atoms with Gasteiger partial charge in [0, 0.05) is 0 Å². The molecule has 2 rings (SSSR count). The summed E-state index contributed by atoms with van der Waals surface area (Å²) in [5.74, 6) is 0. The molecule has 1 fully saturated rings. The van der Waals surface area contributed by atoms with Gasteiger partial charge in [0.05, 0.1) is 0 Å². The minimum Gasteiger partial charge on any atom is -0.0645 e. The molecule has 0 saturated heterocycles. The van der Waals surface area contributed by atoms with Gasteiger partial charge in [-0.05, 0) is 23.8 Å². The van der Waals surface area contributed by atoms with Crippen LogP contribution in [0.5, 0.6) is 0 Å². The Kier molecular flexibility index (Phi) is 1.99. The van der Waals surface area contributed by atoms with Crippen LogP contribution < -0.4 is 0 Å². The number of hydrogen-bond acceptors (Lipinski definition) is 0. The van der Waals surface area contributed by atoms with E-state index in [1.807, 2.05) is 0 Å². The van der Waals surface area contributed by atoms with Crippen LogP contribution in [-0.4, -0.2) is 0 Å². The predicted molar refractivity (Wildman–Crippen MR) is 57.4 cm³/mol. The van der Waals surface area contributed by atoms with Gasteiger partial charge in [-0.1, -0.05) is 55.8 Å². The van der Waals surface area contributed by atoms with E-state index in [1.165, 1.54) is 18.4 Å². The molecule has 0 amide bonds. The van der Waals surface area contributed by atoms with Crippen LogP contribution in [0, 0.1) is 5.41 Å². The minimum atomic E-state index is 0.524. The van der Waals surface area contributed by atoms with Gasteiger partial charge in [-0.3, -0.25) is 0 Å². The van der Waals surface area contributed by atoms with Gasteiger partial charge in [-0.25, -0.2) is 0 Å². The molecular weight excluding hydrogens is 156 g/mol. The van der Waals surface area contributed by atoms with Crippen molar-refractivity contribution in [2.24, 2.45) is 5.41 Å². The summed E-state index contributed by atoms with van der Waals surface area (Å²) in [7, 11) is 0. The van der Waals surface area contributed by atoms with Crippen LogP contribution in [0.1, 0.15) is 32.3 Å². The van der Waals surface area contributed by atoms with Crippen molar-refractivity contribution in [3.63, 3.8) is 0 Å². The highest BCUT2D eigenvalue weighted by Crippen LogP contribution is 2.54. The Labute approximate surface area is 80.3 Å². The van der Waals surface area contributed by atoms with Crippen LogP contribution in [0.2, 0.25) is 0 Å². The summed E-state index contributed by atoms with van der Waals surface area (Å²) < 4.78 is 0. The third kappa shape index (κ3) is 1.67. The van der Waals surface area contributed by atoms with Crippen molar-refractivity contribution in [2.45, 2.75) is 26.7 Å². The maximum absolute atomic E-state index is 2.35. The van der Waals surface area contributed by atoms with Crippen LogP contribution in [0.25, 0.3) is 6.08 Å². The molecule has 1 aromatic rings. The average molecular weight is 172 g/mol. The molecule has 1 saturated carbocycles. The molecule has 68 valence electrons. The first-order valence-corrected chi connectivity index (χ1v) is 5.01. The van der Waals surface area contributed by atoms with Gasteiger partial charge in [0.15, 0.2) is 0 Å². The number of allylic oxidation sites excluding steroid dienone is 1. The van der Waals surface area contributed by atoms with E-state index in [2.05, 4.69) is 50.3 Å². The Morgan fingerprint density at radius 2 is 2.00 bits per heavy atom. The fourth-order valence-electron chi connectivity index (χ4n) is 1.70. The fourth-order valence-corrected chi connectivity index (χ4v) is 1.70. The lowest BCUT2D eigenvalue weighted by Crippen LogP contribution is -1.87. The van der Waals surface area contributed by atoms with Gasteiger partial charge >= 0.3 is 0 Å². The molecule has 0 aliphatic heterocycles. The molecule has 0 spiro atoms. The van der Waals surface area contributed by atoms with Crippen molar-refractivity contribution < 1.29 is 0 Å². The van der Waals surface area contributed by atoms with Crippen LogP contribution in [-0.2, 0) is 0 Å². The van der Waals surface area contributed by atoms with Crippen molar-refractivity contribution in [3.8, 4) is 0 Å². The van der Waals surface area contributed by atoms with Gasteiger partial charge in [0.1, 0.15) is 0 Å². The van der Waals surface area contributed by atoms with Gasteiger partial charge < -0.3 is 0 Å². The zero-order valence-corrected chi connectivity index (χ0v) is 8.38. The first kappa shape index (κ1) is 8.55. The molecule has 1 aliphatic rings. The highest BCUT2D eigenvalue weighted by atomic mass is 14.5. The molecule has 13 heavy (non-hydrogen) atoms. The second-order valence-electron chi connectivity index (χ2n) is 4.17. The molecule has 0 radical (unpaired) electrons. The van der Waals surface area contributed by atoms with E-state index in [4.69, 9.17) is 0 Å². The van der Waals surface area contributed by atoms with Crippen LogP contribution in [0.4, 0.5) is 0 Å². The van der Waals surface area contributed by atoms with E-state index in [0.717, 1.165) is 0 Å². The highest BCUT2D eigenvalue weighted by Gasteiger charge is 2.41. The minimum absolute atomic E-state index is 0.524. The molecule has 1 atom stereocenters. The number of hydrogen-bond donors (Lipinski definition) is 0. The highest BCUT2D eigenvalue weighted by molar-refractivity contribution is 5.59. The summed E-state index contributed by atoms with van der Waals surface area (Å²) in [5, 5.41) is 0. The lowest BCUT2D eigenvalue weighted by Gasteiger charge is -2.00. The normalized spacial score (nSPS) is 29.2. The van der Waals surface area contributed by atoms with Gasteiger partial charge in [0.25, 0.3) is 0 Å². The van der Waals surface area contributed by atoms with Crippen molar-refractivity contribution in [1.29, 1.82) is 0 Å². The Balaban J connectivity index is 2.16. The second kappa shape index (κ2) is 3.02. The van der Waals surface area contributed by atoms with Crippen molar-refractivity contribution in [2.75, 3.05) is 0 Å². The van der Waals surface area contributed by atoms with Crippen molar-refractivity contribution in [3.05, 3.63) is 41.5 Å². The van der Waals surface area contributed by atoms with Gasteiger partial charge in [-0.2, -0.15) is 0 Å². The summed E-state index contributed by atoms with van der Waals surface area (Å²) in [6, 6.07) is 10.6. The van der Waals surface area contributed by atoms with E-state index in [9.17, 15) is 0 Å². The van der Waals surface area contributed by atoms with E-state index in [-0.39, 0.29) is 0 Å². The maximum Gasteiger partial charge on any atom is -0.00779 e. The van der Waals surface area contributed by atoms with E-state index in [0.29, 0.717) is 5.41 Å². The molecule has 0 heterocycles. The first-order valence-electron chi connectivity index (χ1n) is 5.01. The van der Waals surface area contributed by atoms with Crippen molar-refractivity contribution in [1.82, 2.24) is 0 Å². The van der Waals surface area contributed by atoms with E-state index >= 15 is 0 Å². The lowest BCUT2D eigenvalue weighted by atomic mass is 10.1. The zero-order chi connectivity index (χ0) is 9.31. The zero-order valence-electron chi connectivity index (χ0n) is 8.38. The molecule has 0 heteroatoms.